The molecule has 1 aliphatic rings. The highest BCUT2D eigenvalue weighted by Gasteiger charge is 2.31. The fourth-order valence-corrected chi connectivity index (χ4v) is 2.47. The molecule has 1 rings (SSSR count). The van der Waals surface area contributed by atoms with E-state index in [1.807, 2.05) is 6.92 Å². The van der Waals surface area contributed by atoms with Gasteiger partial charge in [0, 0.05) is 5.92 Å². The molecule has 0 saturated heterocycles. The molecule has 0 bridgehead atoms. The van der Waals surface area contributed by atoms with Gasteiger partial charge in [-0.05, 0) is 25.2 Å². The second-order valence-electron chi connectivity index (χ2n) is 4.89. The zero-order valence-corrected chi connectivity index (χ0v) is 10.6. The maximum Gasteiger partial charge on any atom is 0.223 e. The van der Waals surface area contributed by atoms with E-state index >= 15 is 0 Å². The lowest BCUT2D eigenvalue weighted by Crippen LogP contribution is -2.47. The van der Waals surface area contributed by atoms with Crippen LogP contribution in [-0.4, -0.2) is 23.0 Å². The Kier molecular flexibility index (Phi) is 5.25. The number of carbonyl (C=O) groups excluding carboxylic acids is 1. The number of nitrogens with two attached hydrogens (primary N) is 1. The zero-order chi connectivity index (χ0) is 12.8. The number of amides is 1. The van der Waals surface area contributed by atoms with E-state index in [2.05, 4.69) is 17.4 Å². The van der Waals surface area contributed by atoms with Crippen molar-refractivity contribution in [2.24, 2.45) is 22.7 Å². The summed E-state index contributed by atoms with van der Waals surface area (Å²) in [6.45, 7) is 4.11. The van der Waals surface area contributed by atoms with Gasteiger partial charge in [0.25, 0.3) is 0 Å². The zero-order valence-electron chi connectivity index (χ0n) is 10.6. The van der Waals surface area contributed by atoms with Gasteiger partial charge >= 0.3 is 0 Å². The molecule has 17 heavy (non-hydrogen) atoms. The summed E-state index contributed by atoms with van der Waals surface area (Å²) in [6.07, 6.45) is 4.74. The molecule has 1 saturated carbocycles. The molecule has 0 spiro atoms. The third-order valence-electron chi connectivity index (χ3n) is 3.56. The van der Waals surface area contributed by atoms with E-state index in [9.17, 15) is 4.79 Å². The van der Waals surface area contributed by atoms with Crippen LogP contribution in [0.2, 0.25) is 0 Å². The average molecular weight is 241 g/mol. The molecule has 4 N–H and O–H groups in total. The molecule has 3 unspecified atom stereocenters. The van der Waals surface area contributed by atoms with Gasteiger partial charge in [0.05, 0.1) is 6.04 Å². The Morgan fingerprint density at radius 2 is 2.29 bits per heavy atom. The minimum atomic E-state index is -0.342. The fraction of sp³-hybridized carbons (Fsp3) is 0.833. The molecule has 3 atom stereocenters. The largest absolute Gasteiger partial charge is 0.409 e. The van der Waals surface area contributed by atoms with Gasteiger partial charge in [-0.25, -0.2) is 0 Å². The third-order valence-corrected chi connectivity index (χ3v) is 3.56. The number of amidine groups is 1. The molecule has 0 aliphatic heterocycles. The molecule has 0 aromatic carbocycles. The Bertz CT molecular complexity index is 291. The van der Waals surface area contributed by atoms with Crippen LogP contribution in [0.3, 0.4) is 0 Å². The van der Waals surface area contributed by atoms with Crippen LogP contribution in [0.5, 0.6) is 0 Å². The van der Waals surface area contributed by atoms with Crippen molar-refractivity contribution < 1.29 is 10.0 Å². The van der Waals surface area contributed by atoms with Gasteiger partial charge in [0.15, 0.2) is 5.84 Å². The first-order chi connectivity index (χ1) is 8.10. The van der Waals surface area contributed by atoms with E-state index in [1.165, 1.54) is 0 Å². The van der Waals surface area contributed by atoms with Crippen molar-refractivity contribution >= 4 is 11.7 Å². The lowest BCUT2D eigenvalue weighted by Gasteiger charge is -2.21. The first-order valence-corrected chi connectivity index (χ1v) is 6.37. The van der Waals surface area contributed by atoms with Crippen molar-refractivity contribution in [3.8, 4) is 0 Å². The van der Waals surface area contributed by atoms with Crippen LogP contribution in [0.4, 0.5) is 0 Å². The molecule has 0 radical (unpaired) electrons. The SMILES string of the molecule is CCCC(NC(=O)C1CCCC1C)C(N)=NO. The number of hydrogen-bond donors (Lipinski definition) is 3. The second-order valence-corrected chi connectivity index (χ2v) is 4.89. The predicted molar refractivity (Wildman–Crippen MR) is 66.8 cm³/mol. The monoisotopic (exact) mass is 241 g/mol. The Hall–Kier alpha value is -1.26. The van der Waals surface area contributed by atoms with Crippen LogP contribution in [0.1, 0.15) is 46.0 Å². The van der Waals surface area contributed by atoms with Gasteiger partial charge < -0.3 is 16.3 Å². The maximum absolute atomic E-state index is 12.1. The standard InChI is InChI=1S/C12H23N3O2/c1-3-5-10(11(13)15-17)14-12(16)9-7-4-6-8(9)2/h8-10,17H,3-7H2,1-2H3,(H2,13,15)(H,14,16). The highest BCUT2D eigenvalue weighted by molar-refractivity contribution is 5.90. The Morgan fingerprint density at radius 1 is 1.59 bits per heavy atom. The Morgan fingerprint density at radius 3 is 2.76 bits per heavy atom. The van der Waals surface area contributed by atoms with Crippen LogP contribution in [0.15, 0.2) is 5.16 Å². The van der Waals surface area contributed by atoms with E-state index in [0.717, 1.165) is 25.7 Å². The molecule has 1 aliphatic carbocycles. The van der Waals surface area contributed by atoms with Crippen LogP contribution in [0.25, 0.3) is 0 Å². The predicted octanol–water partition coefficient (Wildman–Crippen LogP) is 1.45. The van der Waals surface area contributed by atoms with E-state index in [-0.39, 0.29) is 23.7 Å². The number of hydrogen-bond acceptors (Lipinski definition) is 3. The van der Waals surface area contributed by atoms with E-state index in [4.69, 9.17) is 10.9 Å². The normalized spacial score (nSPS) is 26.8. The second kappa shape index (κ2) is 6.47. The summed E-state index contributed by atoms with van der Waals surface area (Å²) in [4.78, 5) is 12.1. The summed E-state index contributed by atoms with van der Waals surface area (Å²) in [6, 6.07) is -0.342. The van der Waals surface area contributed by atoms with Crippen LogP contribution in [0, 0.1) is 11.8 Å². The molecule has 1 amide bonds. The molecule has 98 valence electrons. The molecule has 0 heterocycles. The van der Waals surface area contributed by atoms with Gasteiger partial charge in [-0.15, -0.1) is 0 Å². The summed E-state index contributed by atoms with van der Waals surface area (Å²) in [5.41, 5.74) is 5.57. The number of oxime groups is 1. The van der Waals surface area contributed by atoms with E-state index < -0.39 is 0 Å². The first kappa shape index (κ1) is 13.8. The molecule has 0 aromatic heterocycles. The third kappa shape index (κ3) is 3.61. The highest BCUT2D eigenvalue weighted by atomic mass is 16.4. The molecule has 5 heteroatoms. The lowest BCUT2D eigenvalue weighted by molar-refractivity contribution is -0.126. The topological polar surface area (TPSA) is 87.7 Å². The van der Waals surface area contributed by atoms with Crippen molar-refractivity contribution in [3.05, 3.63) is 0 Å². The molecule has 1 fully saturated rings. The van der Waals surface area contributed by atoms with Crippen molar-refractivity contribution in [3.63, 3.8) is 0 Å². The highest BCUT2D eigenvalue weighted by Crippen LogP contribution is 2.31. The van der Waals surface area contributed by atoms with Gasteiger partial charge in [0.2, 0.25) is 5.91 Å². The molecule has 0 aromatic rings. The number of nitrogens with zero attached hydrogens (tertiary/aromatic N) is 1. The van der Waals surface area contributed by atoms with Crippen LogP contribution >= 0.6 is 0 Å². The van der Waals surface area contributed by atoms with E-state index in [1.54, 1.807) is 0 Å². The fourth-order valence-electron chi connectivity index (χ4n) is 2.47. The van der Waals surface area contributed by atoms with Crippen molar-refractivity contribution in [1.29, 1.82) is 0 Å². The minimum absolute atomic E-state index is 0.0417. The first-order valence-electron chi connectivity index (χ1n) is 6.37. The summed E-state index contributed by atoms with van der Waals surface area (Å²) < 4.78 is 0. The van der Waals surface area contributed by atoms with Crippen molar-refractivity contribution in [2.45, 2.75) is 52.0 Å². The number of nitrogens with one attached hydrogen (secondary N) is 1. The Labute approximate surface area is 102 Å². The quantitative estimate of drug-likeness (QED) is 0.295. The van der Waals surface area contributed by atoms with Crippen molar-refractivity contribution in [2.75, 3.05) is 0 Å². The summed E-state index contributed by atoms with van der Waals surface area (Å²) in [5.74, 6) is 0.649. The summed E-state index contributed by atoms with van der Waals surface area (Å²) in [7, 11) is 0. The lowest BCUT2D eigenvalue weighted by atomic mass is 9.96. The summed E-state index contributed by atoms with van der Waals surface area (Å²) in [5, 5.41) is 14.5. The van der Waals surface area contributed by atoms with Gasteiger partial charge in [0.1, 0.15) is 0 Å². The maximum atomic E-state index is 12.1. The van der Waals surface area contributed by atoms with Gasteiger partial charge in [-0.1, -0.05) is 31.8 Å². The van der Waals surface area contributed by atoms with Gasteiger partial charge in [-0.3, -0.25) is 4.79 Å². The Balaban J connectivity index is 2.57. The smallest absolute Gasteiger partial charge is 0.223 e. The molecule has 5 nitrogen and oxygen atoms in total. The average Bonchev–Trinajstić information content (AvgIpc) is 2.73. The van der Waals surface area contributed by atoms with Crippen LogP contribution in [-0.2, 0) is 4.79 Å². The van der Waals surface area contributed by atoms with E-state index in [0.29, 0.717) is 12.3 Å². The number of rotatable bonds is 5. The number of carbonyl (C=O) groups is 1. The van der Waals surface area contributed by atoms with Gasteiger partial charge in [-0.2, -0.15) is 0 Å². The van der Waals surface area contributed by atoms with Crippen molar-refractivity contribution in [1.82, 2.24) is 5.32 Å². The van der Waals surface area contributed by atoms with Crippen LogP contribution < -0.4 is 11.1 Å². The molecular weight excluding hydrogens is 218 g/mol. The minimum Gasteiger partial charge on any atom is -0.409 e. The molecular formula is C12H23N3O2. The summed E-state index contributed by atoms with van der Waals surface area (Å²) >= 11 is 0.